The van der Waals surface area contributed by atoms with Crippen LogP contribution in [0.15, 0.2) is 18.3 Å². The zero-order chi connectivity index (χ0) is 19.2. The molecule has 1 heterocycles. The Balaban J connectivity index is 2.65. The van der Waals surface area contributed by atoms with Crippen LogP contribution in [0.4, 0.5) is 0 Å². The van der Waals surface area contributed by atoms with E-state index in [1.54, 1.807) is 0 Å². The van der Waals surface area contributed by atoms with Gasteiger partial charge in [0.15, 0.2) is 0 Å². The quantitative estimate of drug-likeness (QED) is 0.158. The third-order valence-electron chi connectivity index (χ3n) is 3.34. The fourth-order valence-electron chi connectivity index (χ4n) is 2.14. The minimum absolute atomic E-state index is 0.102. The third kappa shape index (κ3) is 12.0. The van der Waals surface area contributed by atoms with Crippen LogP contribution in [-0.2, 0) is 6.42 Å². The van der Waals surface area contributed by atoms with Gasteiger partial charge in [-0.25, -0.2) is 0 Å². The van der Waals surface area contributed by atoms with Gasteiger partial charge in [-0.1, -0.05) is 0 Å². The first-order valence-corrected chi connectivity index (χ1v) is 26.6. The van der Waals surface area contributed by atoms with Crippen molar-refractivity contribution in [2.24, 2.45) is 0 Å². The fraction of sp³-hybridized carbons (Fsp3) is 0.647. The number of carbonyl (C=O) groups excluding carboxylic acids is 1. The van der Waals surface area contributed by atoms with Crippen molar-refractivity contribution < 1.29 is 43.2 Å². The summed E-state index contributed by atoms with van der Waals surface area (Å²) >= 11 is 7.17. The van der Waals surface area contributed by atoms with Gasteiger partial charge in [0, 0.05) is 0 Å². The van der Waals surface area contributed by atoms with E-state index in [4.69, 9.17) is 0 Å². The number of alkyl halides is 8. The number of hydrogen-bond donors (Lipinski definition) is 1. The number of rotatable bonds is 14. The summed E-state index contributed by atoms with van der Waals surface area (Å²) in [5.41, 5.74) is 1.91. The fourth-order valence-corrected chi connectivity index (χ4v) is 35.0. The van der Waals surface area contributed by atoms with Crippen LogP contribution in [0, 0.1) is 0 Å². The van der Waals surface area contributed by atoms with Crippen molar-refractivity contribution in [3.63, 3.8) is 0 Å². The molecule has 1 aromatic rings. The molecule has 1 atom stereocenters. The summed E-state index contributed by atoms with van der Waals surface area (Å²) in [6.07, 6.45) is 6.80. The number of carbonyl (C=O) groups is 1. The van der Waals surface area contributed by atoms with E-state index in [0.29, 0.717) is 17.2 Å². The summed E-state index contributed by atoms with van der Waals surface area (Å²) in [6.45, 7) is 2.28. The van der Waals surface area contributed by atoms with E-state index in [0.717, 1.165) is 26.2 Å². The Kier molecular flexibility index (Phi) is 18.4. The summed E-state index contributed by atoms with van der Waals surface area (Å²) in [5.74, 6) is 0.102. The number of nitrogens with one attached hydrogen (secondary N) is 1. The molecule has 0 radical (unpaired) electrons. The van der Waals surface area contributed by atoms with Crippen LogP contribution in [0.5, 0.6) is 0 Å². The molecule has 0 aliphatic rings. The first-order valence-electron chi connectivity index (χ1n) is 8.35. The number of amides is 1. The van der Waals surface area contributed by atoms with E-state index in [1.165, 1.54) is 33.0 Å². The topological polar surface area (TPSA) is 42.0 Å². The van der Waals surface area contributed by atoms with Gasteiger partial charge >= 0.3 is 227 Å². The molecule has 0 spiro atoms. The van der Waals surface area contributed by atoms with Gasteiger partial charge < -0.3 is 0 Å². The normalized spacial score (nSPS) is 13.0. The zero-order valence-corrected chi connectivity index (χ0v) is 27.7. The number of aromatic nitrogens is 1. The van der Waals surface area contributed by atoms with Crippen LogP contribution in [0.2, 0.25) is 0 Å². The van der Waals surface area contributed by atoms with Gasteiger partial charge in [-0.05, 0) is 0 Å². The summed E-state index contributed by atoms with van der Waals surface area (Å²) in [7, 11) is 0. The SMILES string of the molecule is CCC[I-]C(CCCI)Cc1cc(C(=O)NCI(CI)[I-]CI)ccn1. The third-order valence-corrected chi connectivity index (χ3v) is 43.7. The average molecular weight is 1040 g/mol. The molecule has 0 aromatic carbocycles. The number of halogens is 6. The molecule has 26 heavy (non-hydrogen) atoms. The Hall–Kier alpha value is 3.00. The van der Waals surface area contributed by atoms with Crippen molar-refractivity contribution in [3.8, 4) is 0 Å². The Labute approximate surface area is 223 Å². The first kappa shape index (κ1) is 27.0. The molecule has 1 amide bonds. The molecule has 0 aliphatic carbocycles. The molecule has 0 saturated carbocycles. The summed E-state index contributed by atoms with van der Waals surface area (Å²) in [6, 6.07) is 3.91. The molecule has 1 aromatic heterocycles. The standard InChI is InChI=1S/C17H26I6N2O/c1-2-7-21-15(4-3-6-18)10-16-9-14(5-8-24-16)17(26)25-13-23(12-20)22-11-19/h5,8-9,15H,2-4,6-7,10-13H2,1H3,(H,25,26)/q-2. The van der Waals surface area contributed by atoms with Crippen molar-refractivity contribution in [2.45, 2.75) is 36.5 Å². The van der Waals surface area contributed by atoms with E-state index in [2.05, 4.69) is 85.0 Å². The van der Waals surface area contributed by atoms with Crippen LogP contribution >= 0.6 is 83.6 Å². The molecule has 0 aliphatic heterocycles. The molecule has 0 fully saturated rings. The molecule has 9 heteroatoms. The minimum atomic E-state index is -0.887. The van der Waals surface area contributed by atoms with E-state index in [1.807, 2.05) is 18.3 Å². The van der Waals surface area contributed by atoms with E-state index in [9.17, 15) is 4.79 Å². The molecular weight excluding hydrogens is 1010 g/mol. The predicted octanol–water partition coefficient (Wildman–Crippen LogP) is -0.310. The van der Waals surface area contributed by atoms with Gasteiger partial charge in [-0.15, -0.1) is 0 Å². The second-order valence-corrected chi connectivity index (χ2v) is 34.2. The maximum absolute atomic E-state index is 12.6. The van der Waals surface area contributed by atoms with Crippen LogP contribution in [0.1, 0.15) is 42.2 Å². The van der Waals surface area contributed by atoms with Gasteiger partial charge in [-0.2, -0.15) is 0 Å². The van der Waals surface area contributed by atoms with Crippen molar-refractivity contribution in [3.05, 3.63) is 29.6 Å². The van der Waals surface area contributed by atoms with Crippen molar-refractivity contribution >= 4 is 89.5 Å². The second kappa shape index (κ2) is 17.7. The molecular formula is C17H26I6N2O-2. The molecule has 3 nitrogen and oxygen atoms in total. The van der Waals surface area contributed by atoms with Crippen molar-refractivity contribution in [1.82, 2.24) is 10.3 Å². The van der Waals surface area contributed by atoms with Gasteiger partial charge in [0.05, 0.1) is 0 Å². The molecule has 154 valence electrons. The molecule has 1 rings (SSSR count). The molecule has 1 unspecified atom stereocenters. The van der Waals surface area contributed by atoms with Crippen LogP contribution in [-0.4, -0.2) is 33.1 Å². The number of hydrogen-bond acceptors (Lipinski definition) is 2. The van der Waals surface area contributed by atoms with Crippen LogP contribution < -0.4 is 43.8 Å². The van der Waals surface area contributed by atoms with Gasteiger partial charge in [-0.3, -0.25) is 0 Å². The molecule has 0 bridgehead atoms. The van der Waals surface area contributed by atoms with Crippen LogP contribution in [0.3, 0.4) is 0 Å². The summed E-state index contributed by atoms with van der Waals surface area (Å²) in [4.78, 5) is 17.1. The van der Waals surface area contributed by atoms with Gasteiger partial charge in [0.1, 0.15) is 0 Å². The monoisotopic (exact) mass is 1040 g/mol. The molecule has 0 saturated heterocycles. The van der Waals surface area contributed by atoms with E-state index in [-0.39, 0.29) is 27.1 Å². The maximum atomic E-state index is 12.6. The van der Waals surface area contributed by atoms with Crippen LogP contribution in [0.25, 0.3) is 0 Å². The number of pyridine rings is 1. The Bertz CT molecular complexity index is 512. The average Bonchev–Trinajstić information content (AvgIpc) is 2.67. The van der Waals surface area contributed by atoms with Gasteiger partial charge in [0.2, 0.25) is 0 Å². The Morgan fingerprint density at radius 1 is 1.38 bits per heavy atom. The Morgan fingerprint density at radius 3 is 2.85 bits per heavy atom. The van der Waals surface area contributed by atoms with E-state index < -0.39 is 15.8 Å². The molecule has 1 N–H and O–H groups in total. The first-order chi connectivity index (χ1) is 12.6. The van der Waals surface area contributed by atoms with E-state index >= 15 is 0 Å². The second-order valence-electron chi connectivity index (χ2n) is 5.35. The number of nitrogens with zero attached hydrogens (tertiary/aromatic N) is 1. The predicted molar refractivity (Wildman–Crippen MR) is 139 cm³/mol. The summed E-state index contributed by atoms with van der Waals surface area (Å²) in [5, 5.41) is 3.21. The zero-order valence-electron chi connectivity index (χ0n) is 14.8. The van der Waals surface area contributed by atoms with Gasteiger partial charge in [0.25, 0.3) is 0 Å². The van der Waals surface area contributed by atoms with Crippen molar-refractivity contribution in [2.75, 3.05) is 18.3 Å². The summed E-state index contributed by atoms with van der Waals surface area (Å²) < 4.78 is 7.02. The Morgan fingerprint density at radius 2 is 2.19 bits per heavy atom. The van der Waals surface area contributed by atoms with Crippen molar-refractivity contribution in [1.29, 1.82) is 0 Å².